The lowest BCUT2D eigenvalue weighted by molar-refractivity contribution is -0.123. The fraction of sp³-hybridized carbons (Fsp3) is 0.0714. The maximum absolute atomic E-state index is 13.2. The van der Waals surface area contributed by atoms with Gasteiger partial charge in [-0.15, -0.1) is 0 Å². The number of carbonyl (C=O) groups is 3. The van der Waals surface area contributed by atoms with Crippen LogP contribution < -0.4 is 5.32 Å². The first-order valence-corrected chi connectivity index (χ1v) is 11.1. The lowest BCUT2D eigenvalue weighted by Gasteiger charge is -2.15. The summed E-state index contributed by atoms with van der Waals surface area (Å²) in [5, 5.41) is 13.0. The third-order valence-electron chi connectivity index (χ3n) is 5.70. The van der Waals surface area contributed by atoms with Crippen LogP contribution in [0.4, 0.5) is 5.69 Å². The van der Waals surface area contributed by atoms with Crippen LogP contribution in [0.1, 0.15) is 27.6 Å². The molecule has 0 bridgehead atoms. The molecule has 1 unspecified atom stereocenters. The third kappa shape index (κ3) is 4.39. The van der Waals surface area contributed by atoms with Gasteiger partial charge < -0.3 is 19.6 Å². The average molecular weight is 480 g/mol. The van der Waals surface area contributed by atoms with Crippen molar-refractivity contribution in [1.29, 1.82) is 0 Å². The van der Waals surface area contributed by atoms with E-state index in [4.69, 9.17) is 14.3 Å². The van der Waals surface area contributed by atoms with Crippen molar-refractivity contribution in [1.82, 2.24) is 4.98 Å². The number of hydrogen-bond acceptors (Lipinski definition) is 6. The van der Waals surface area contributed by atoms with Crippen LogP contribution in [0.3, 0.4) is 0 Å². The molecule has 0 radical (unpaired) electrons. The van der Waals surface area contributed by atoms with E-state index in [1.165, 1.54) is 31.2 Å². The van der Waals surface area contributed by atoms with E-state index in [0.29, 0.717) is 33.6 Å². The molecule has 1 amide bonds. The third-order valence-corrected chi connectivity index (χ3v) is 5.70. The van der Waals surface area contributed by atoms with Crippen LogP contribution >= 0.6 is 0 Å². The Labute approximate surface area is 205 Å². The molecule has 0 fully saturated rings. The predicted molar refractivity (Wildman–Crippen MR) is 134 cm³/mol. The number of rotatable bonds is 6. The molecule has 0 saturated heterocycles. The van der Waals surface area contributed by atoms with E-state index in [0.717, 1.165) is 5.39 Å². The average Bonchev–Trinajstić information content (AvgIpc) is 3.32. The van der Waals surface area contributed by atoms with Gasteiger partial charge in [0.15, 0.2) is 11.7 Å². The van der Waals surface area contributed by atoms with Crippen LogP contribution in [0.25, 0.3) is 33.3 Å². The number of anilines is 1. The van der Waals surface area contributed by atoms with Gasteiger partial charge in [0.25, 0.3) is 5.91 Å². The molecule has 5 aromatic rings. The van der Waals surface area contributed by atoms with Gasteiger partial charge in [0.05, 0.1) is 11.1 Å². The smallest absolute Gasteiger partial charge is 0.339 e. The molecule has 36 heavy (non-hydrogen) atoms. The highest BCUT2D eigenvalue weighted by Gasteiger charge is 2.23. The Hall–Kier alpha value is -4.98. The number of fused-ring (bicyclic) bond motifs is 2. The number of aromatic nitrogens is 1. The van der Waals surface area contributed by atoms with Crippen molar-refractivity contribution in [2.75, 3.05) is 5.32 Å². The zero-order valence-electron chi connectivity index (χ0n) is 19.1. The second kappa shape index (κ2) is 9.34. The van der Waals surface area contributed by atoms with Crippen molar-refractivity contribution >= 4 is 45.4 Å². The molecular weight excluding hydrogens is 460 g/mol. The maximum Gasteiger partial charge on any atom is 0.339 e. The first-order chi connectivity index (χ1) is 17.4. The van der Waals surface area contributed by atoms with Gasteiger partial charge in [0, 0.05) is 16.6 Å². The predicted octanol–water partition coefficient (Wildman–Crippen LogP) is 5.53. The van der Waals surface area contributed by atoms with E-state index in [1.807, 2.05) is 48.5 Å². The number of para-hydroxylation sites is 2. The first-order valence-electron chi connectivity index (χ1n) is 11.1. The summed E-state index contributed by atoms with van der Waals surface area (Å²) in [5.41, 5.74) is 2.72. The van der Waals surface area contributed by atoms with Gasteiger partial charge in [-0.25, -0.2) is 14.6 Å². The first kappa shape index (κ1) is 22.8. The number of amides is 1. The number of aromatic carboxylic acids is 1. The highest BCUT2D eigenvalue weighted by molar-refractivity contribution is 6.10. The summed E-state index contributed by atoms with van der Waals surface area (Å²) in [6, 6.07) is 23.9. The number of nitrogens with zero attached hydrogens (tertiary/aromatic N) is 1. The highest BCUT2D eigenvalue weighted by Crippen LogP contribution is 2.33. The van der Waals surface area contributed by atoms with Crippen molar-refractivity contribution in [3.05, 3.63) is 96.1 Å². The lowest BCUT2D eigenvalue weighted by atomic mass is 9.99. The summed E-state index contributed by atoms with van der Waals surface area (Å²) >= 11 is 0. The lowest BCUT2D eigenvalue weighted by Crippen LogP contribution is -2.30. The maximum atomic E-state index is 13.2. The number of benzene rings is 4. The second-order valence-electron chi connectivity index (χ2n) is 8.12. The largest absolute Gasteiger partial charge is 0.478 e. The zero-order chi connectivity index (χ0) is 25.2. The number of carboxylic acids is 1. The van der Waals surface area contributed by atoms with Crippen LogP contribution in [0, 0.1) is 0 Å². The fourth-order valence-corrected chi connectivity index (χ4v) is 3.89. The van der Waals surface area contributed by atoms with Gasteiger partial charge in [0.1, 0.15) is 5.52 Å². The van der Waals surface area contributed by atoms with E-state index >= 15 is 0 Å². The van der Waals surface area contributed by atoms with Gasteiger partial charge in [-0.3, -0.25) is 4.79 Å². The van der Waals surface area contributed by atoms with E-state index < -0.39 is 23.9 Å². The molecule has 8 nitrogen and oxygen atoms in total. The number of nitrogens with one attached hydrogen (secondary N) is 1. The summed E-state index contributed by atoms with van der Waals surface area (Å²) < 4.78 is 11.4. The number of carboxylic acid groups (broad SMARTS) is 1. The van der Waals surface area contributed by atoms with Crippen molar-refractivity contribution in [3.8, 4) is 11.5 Å². The topological polar surface area (TPSA) is 119 Å². The summed E-state index contributed by atoms with van der Waals surface area (Å²) in [4.78, 5) is 41.4. The van der Waals surface area contributed by atoms with Gasteiger partial charge in [-0.2, -0.15) is 0 Å². The number of carbonyl (C=O) groups excluding carboxylic acids is 2. The van der Waals surface area contributed by atoms with Crippen molar-refractivity contribution < 1.29 is 28.6 Å². The normalized spacial score (nSPS) is 11.8. The van der Waals surface area contributed by atoms with Crippen LogP contribution in [-0.4, -0.2) is 34.0 Å². The summed E-state index contributed by atoms with van der Waals surface area (Å²) in [6.45, 7) is 1.46. The van der Waals surface area contributed by atoms with E-state index in [-0.39, 0.29) is 11.1 Å². The molecule has 5 rings (SSSR count). The van der Waals surface area contributed by atoms with Crippen molar-refractivity contribution in [2.45, 2.75) is 13.0 Å². The van der Waals surface area contributed by atoms with E-state index in [9.17, 15) is 14.4 Å². The fourth-order valence-electron chi connectivity index (χ4n) is 3.89. The van der Waals surface area contributed by atoms with Gasteiger partial charge in [0.2, 0.25) is 5.89 Å². The Morgan fingerprint density at radius 1 is 0.917 bits per heavy atom. The molecule has 0 aliphatic rings. The molecule has 0 spiro atoms. The monoisotopic (exact) mass is 480 g/mol. The molecule has 2 N–H and O–H groups in total. The summed E-state index contributed by atoms with van der Waals surface area (Å²) in [5.74, 6) is -1.92. The molecule has 0 aliphatic carbocycles. The number of oxazole rings is 1. The highest BCUT2D eigenvalue weighted by atomic mass is 16.5. The van der Waals surface area contributed by atoms with Gasteiger partial charge in [-0.05, 0) is 60.8 Å². The Bertz CT molecular complexity index is 1580. The number of hydrogen-bond donors (Lipinski definition) is 2. The van der Waals surface area contributed by atoms with Crippen molar-refractivity contribution in [2.24, 2.45) is 0 Å². The minimum Gasteiger partial charge on any atom is -0.478 e. The molecule has 0 aliphatic heterocycles. The molecule has 0 saturated carbocycles. The Morgan fingerprint density at radius 3 is 2.36 bits per heavy atom. The molecule has 1 aromatic heterocycles. The van der Waals surface area contributed by atoms with E-state index in [1.54, 1.807) is 12.1 Å². The second-order valence-corrected chi connectivity index (χ2v) is 8.12. The molecule has 1 atom stereocenters. The van der Waals surface area contributed by atoms with Crippen molar-refractivity contribution in [3.63, 3.8) is 0 Å². The molecular formula is C28H20N2O6. The van der Waals surface area contributed by atoms with Crippen LogP contribution in [0.5, 0.6) is 0 Å². The van der Waals surface area contributed by atoms with Crippen LogP contribution in [-0.2, 0) is 9.53 Å². The summed E-state index contributed by atoms with van der Waals surface area (Å²) in [6.07, 6.45) is -1.11. The van der Waals surface area contributed by atoms with Gasteiger partial charge >= 0.3 is 11.9 Å². The molecule has 178 valence electrons. The minimum absolute atomic E-state index is 0.0955. The van der Waals surface area contributed by atoms with Crippen LogP contribution in [0.2, 0.25) is 0 Å². The molecule has 1 heterocycles. The number of ether oxygens (including phenoxy) is 1. The Kier molecular flexibility index (Phi) is 5.92. The van der Waals surface area contributed by atoms with E-state index in [2.05, 4.69) is 10.3 Å². The zero-order valence-corrected chi connectivity index (χ0v) is 19.1. The number of esters is 1. The SMILES string of the molecule is CC(OC(=O)c1cccc2cccc(-c3nc4ccccc4o3)c12)C(=O)Nc1ccc(C(=O)O)cc1. The van der Waals surface area contributed by atoms with Gasteiger partial charge in [-0.1, -0.05) is 36.4 Å². The minimum atomic E-state index is -1.11. The quantitative estimate of drug-likeness (QED) is 0.307. The molecule has 8 heteroatoms. The summed E-state index contributed by atoms with van der Waals surface area (Å²) in [7, 11) is 0. The molecule has 4 aromatic carbocycles. The van der Waals surface area contributed by atoms with Crippen LogP contribution in [0.15, 0.2) is 89.3 Å². The Morgan fingerprint density at radius 2 is 1.64 bits per heavy atom. The standard InChI is InChI=1S/C28H20N2O6/c1-16(25(31)29-19-14-12-18(13-15-19)27(32)33)35-28(34)21-9-5-7-17-6-4-8-20(24(17)21)26-30-22-10-2-3-11-23(22)36-26/h2-16H,1H3,(H,29,31)(H,32,33). The Balaban J connectivity index is 1.41.